The number of benzene rings is 2. The maximum atomic E-state index is 8.78. The van der Waals surface area contributed by atoms with E-state index in [-0.39, 0.29) is 0 Å². The number of nitriles is 1. The first kappa shape index (κ1) is 13.3. The molecular formula is C15H11BrN2O. The van der Waals surface area contributed by atoms with Crippen molar-refractivity contribution >= 4 is 22.1 Å². The van der Waals surface area contributed by atoms with Gasteiger partial charge in [-0.25, -0.2) is 0 Å². The minimum atomic E-state index is 0.347. The molecule has 3 nitrogen and oxygen atoms in total. The molecule has 2 aromatic rings. The molecule has 0 saturated heterocycles. The molecular weight excluding hydrogens is 304 g/mol. The van der Waals surface area contributed by atoms with Crippen LogP contribution in [0.1, 0.15) is 16.7 Å². The van der Waals surface area contributed by atoms with Gasteiger partial charge in [0.15, 0.2) is 0 Å². The molecule has 0 heterocycles. The maximum Gasteiger partial charge on any atom is 0.142 e. The van der Waals surface area contributed by atoms with E-state index < -0.39 is 0 Å². The Hall–Kier alpha value is -2.12. The molecule has 4 heteroatoms. The van der Waals surface area contributed by atoms with E-state index in [1.54, 1.807) is 18.3 Å². The van der Waals surface area contributed by atoms with E-state index in [1.165, 1.54) is 0 Å². The number of oxime groups is 1. The summed E-state index contributed by atoms with van der Waals surface area (Å²) in [6.45, 7) is 0.347. The Balaban J connectivity index is 1.91. The fourth-order valence-electron chi connectivity index (χ4n) is 1.53. The van der Waals surface area contributed by atoms with Crippen LogP contribution in [0, 0.1) is 11.3 Å². The summed E-state index contributed by atoms with van der Waals surface area (Å²) < 4.78 is 0.998. The average molecular weight is 315 g/mol. The van der Waals surface area contributed by atoms with Gasteiger partial charge in [-0.1, -0.05) is 45.4 Å². The first-order valence-corrected chi connectivity index (χ1v) is 6.47. The van der Waals surface area contributed by atoms with Crippen molar-refractivity contribution in [2.45, 2.75) is 6.61 Å². The van der Waals surface area contributed by atoms with E-state index in [4.69, 9.17) is 10.1 Å². The minimum absolute atomic E-state index is 0.347. The molecule has 0 amide bonds. The van der Waals surface area contributed by atoms with Gasteiger partial charge in [0.1, 0.15) is 6.61 Å². The second-order valence-electron chi connectivity index (χ2n) is 3.88. The molecule has 0 aliphatic carbocycles. The zero-order valence-electron chi connectivity index (χ0n) is 10.1. The topological polar surface area (TPSA) is 45.4 Å². The van der Waals surface area contributed by atoms with E-state index in [1.807, 2.05) is 36.4 Å². The predicted octanol–water partition coefficient (Wildman–Crippen LogP) is 3.87. The number of rotatable bonds is 4. The molecule has 0 unspecified atom stereocenters. The molecule has 0 aliphatic heterocycles. The molecule has 0 bridgehead atoms. The molecule has 0 radical (unpaired) electrons. The van der Waals surface area contributed by atoms with Crippen molar-refractivity contribution in [3.8, 4) is 6.07 Å². The number of hydrogen-bond acceptors (Lipinski definition) is 3. The molecule has 0 N–H and O–H groups in total. The van der Waals surface area contributed by atoms with Crippen molar-refractivity contribution in [2.24, 2.45) is 5.16 Å². The number of halogens is 1. The van der Waals surface area contributed by atoms with Crippen LogP contribution < -0.4 is 0 Å². The van der Waals surface area contributed by atoms with Gasteiger partial charge in [-0.05, 0) is 35.4 Å². The van der Waals surface area contributed by atoms with Crippen molar-refractivity contribution in [3.63, 3.8) is 0 Å². The fraction of sp³-hybridized carbons (Fsp3) is 0.0667. The second-order valence-corrected chi connectivity index (χ2v) is 4.79. The summed E-state index contributed by atoms with van der Waals surface area (Å²) in [6.07, 6.45) is 1.65. The van der Waals surface area contributed by atoms with E-state index in [0.717, 1.165) is 15.6 Å². The normalized spacial score (nSPS) is 10.3. The lowest BCUT2D eigenvalue weighted by atomic mass is 10.1. The summed E-state index contributed by atoms with van der Waals surface area (Å²) in [7, 11) is 0. The van der Waals surface area contributed by atoms with Gasteiger partial charge in [-0.2, -0.15) is 5.26 Å². The van der Waals surface area contributed by atoms with Gasteiger partial charge in [-0.15, -0.1) is 0 Å². The van der Waals surface area contributed by atoms with E-state index in [0.29, 0.717) is 12.2 Å². The SMILES string of the molecule is N#Cc1cccc(CON=Cc2cccc(Br)c2)c1. The van der Waals surface area contributed by atoms with Gasteiger partial charge in [-0.3, -0.25) is 0 Å². The molecule has 0 spiro atoms. The van der Waals surface area contributed by atoms with Crippen LogP contribution in [-0.2, 0) is 11.4 Å². The lowest BCUT2D eigenvalue weighted by molar-refractivity contribution is 0.132. The van der Waals surface area contributed by atoms with Crippen LogP contribution in [-0.4, -0.2) is 6.21 Å². The zero-order chi connectivity index (χ0) is 13.5. The molecule has 0 atom stereocenters. The minimum Gasteiger partial charge on any atom is -0.391 e. The quantitative estimate of drug-likeness (QED) is 0.635. The summed E-state index contributed by atoms with van der Waals surface area (Å²) in [6, 6.07) is 17.1. The first-order chi connectivity index (χ1) is 9.28. The Bertz CT molecular complexity index is 632. The Labute approximate surface area is 120 Å². The third-order valence-corrected chi connectivity index (χ3v) is 2.91. The highest BCUT2D eigenvalue weighted by Gasteiger charge is 1.95. The lowest BCUT2D eigenvalue weighted by Crippen LogP contribution is -1.89. The van der Waals surface area contributed by atoms with Crippen LogP contribution >= 0.6 is 15.9 Å². The second kappa shape index (κ2) is 6.72. The molecule has 2 aromatic carbocycles. The van der Waals surface area contributed by atoms with Crippen molar-refractivity contribution in [1.82, 2.24) is 0 Å². The predicted molar refractivity (Wildman–Crippen MR) is 77.7 cm³/mol. The highest BCUT2D eigenvalue weighted by atomic mass is 79.9. The Morgan fingerprint density at radius 2 is 2.05 bits per heavy atom. The highest BCUT2D eigenvalue weighted by molar-refractivity contribution is 9.10. The standard InChI is InChI=1S/C15H11BrN2O/c16-15-6-2-4-13(8-15)10-18-19-11-14-5-1-3-12(7-14)9-17/h1-8,10H,11H2. The summed E-state index contributed by atoms with van der Waals surface area (Å²) in [4.78, 5) is 5.21. The van der Waals surface area contributed by atoms with E-state index in [9.17, 15) is 0 Å². The third kappa shape index (κ3) is 4.23. The maximum absolute atomic E-state index is 8.78. The van der Waals surface area contributed by atoms with Crippen LogP contribution in [0.25, 0.3) is 0 Å². The van der Waals surface area contributed by atoms with Gasteiger partial charge in [0.2, 0.25) is 0 Å². The van der Waals surface area contributed by atoms with Crippen LogP contribution in [0.15, 0.2) is 58.2 Å². The van der Waals surface area contributed by atoms with E-state index >= 15 is 0 Å². The van der Waals surface area contributed by atoms with Crippen LogP contribution in [0.4, 0.5) is 0 Å². The first-order valence-electron chi connectivity index (χ1n) is 5.68. The number of nitrogens with zero attached hydrogens (tertiary/aromatic N) is 2. The fourth-order valence-corrected chi connectivity index (χ4v) is 1.94. The summed E-state index contributed by atoms with van der Waals surface area (Å²) in [5, 5.41) is 12.7. The van der Waals surface area contributed by atoms with Crippen LogP contribution in [0.3, 0.4) is 0 Å². The highest BCUT2D eigenvalue weighted by Crippen LogP contribution is 2.10. The number of hydrogen-bond donors (Lipinski definition) is 0. The van der Waals surface area contributed by atoms with Crippen molar-refractivity contribution in [3.05, 3.63) is 69.7 Å². The van der Waals surface area contributed by atoms with Gasteiger partial charge >= 0.3 is 0 Å². The molecule has 0 saturated carbocycles. The molecule has 94 valence electrons. The van der Waals surface area contributed by atoms with Crippen LogP contribution in [0.2, 0.25) is 0 Å². The lowest BCUT2D eigenvalue weighted by Gasteiger charge is -2.00. The van der Waals surface area contributed by atoms with Crippen molar-refractivity contribution in [1.29, 1.82) is 5.26 Å². The van der Waals surface area contributed by atoms with Crippen LogP contribution in [0.5, 0.6) is 0 Å². The summed E-state index contributed by atoms with van der Waals surface area (Å²) in [5.74, 6) is 0. The Kier molecular flexibility index (Phi) is 4.71. The van der Waals surface area contributed by atoms with Crippen molar-refractivity contribution < 1.29 is 4.84 Å². The van der Waals surface area contributed by atoms with Gasteiger partial charge in [0, 0.05) is 4.47 Å². The zero-order valence-corrected chi connectivity index (χ0v) is 11.7. The van der Waals surface area contributed by atoms with Gasteiger partial charge in [0.05, 0.1) is 17.8 Å². The molecule has 0 aliphatic rings. The largest absolute Gasteiger partial charge is 0.391 e. The summed E-state index contributed by atoms with van der Waals surface area (Å²) in [5.41, 5.74) is 2.50. The molecule has 0 aromatic heterocycles. The summed E-state index contributed by atoms with van der Waals surface area (Å²) >= 11 is 3.39. The molecule has 2 rings (SSSR count). The van der Waals surface area contributed by atoms with E-state index in [2.05, 4.69) is 27.2 Å². The smallest absolute Gasteiger partial charge is 0.142 e. The Morgan fingerprint density at radius 1 is 1.21 bits per heavy atom. The molecule has 19 heavy (non-hydrogen) atoms. The third-order valence-electron chi connectivity index (χ3n) is 2.41. The average Bonchev–Trinajstić information content (AvgIpc) is 2.44. The van der Waals surface area contributed by atoms with Gasteiger partial charge in [0.25, 0.3) is 0 Å². The monoisotopic (exact) mass is 314 g/mol. The molecule has 0 fully saturated rings. The van der Waals surface area contributed by atoms with Gasteiger partial charge < -0.3 is 4.84 Å². The Morgan fingerprint density at radius 3 is 2.84 bits per heavy atom. The van der Waals surface area contributed by atoms with Crippen molar-refractivity contribution in [2.75, 3.05) is 0 Å².